The van der Waals surface area contributed by atoms with E-state index in [4.69, 9.17) is 9.84 Å². The number of rotatable bonds is 5. The third-order valence-corrected chi connectivity index (χ3v) is 2.62. The Labute approximate surface area is 114 Å². The molecular weight excluding hydrogens is 240 g/mol. The summed E-state index contributed by atoms with van der Waals surface area (Å²) >= 11 is 0. The Morgan fingerprint density at radius 1 is 1.26 bits per heavy atom. The molecule has 1 aromatic rings. The molecule has 102 valence electrons. The normalized spacial score (nSPS) is 10.5. The van der Waals surface area contributed by atoms with Crippen molar-refractivity contribution in [3.8, 4) is 5.75 Å². The molecule has 0 spiro atoms. The van der Waals surface area contributed by atoms with Crippen LogP contribution in [0.2, 0.25) is 0 Å². The standard InChI is InChI=1S/C16H20O3/c1-11(2)7-8-19-16-12(3)9-14(10-13(16)4)5-6-15(17)18/h5-7,9-10H,8H2,1-4H3,(H,17,18)/b6-5+. The lowest BCUT2D eigenvalue weighted by atomic mass is 10.1. The summed E-state index contributed by atoms with van der Waals surface area (Å²) in [5.74, 6) is -0.0795. The van der Waals surface area contributed by atoms with E-state index in [1.807, 2.05) is 45.9 Å². The topological polar surface area (TPSA) is 46.5 Å². The Kier molecular flexibility index (Phi) is 5.37. The molecule has 0 radical (unpaired) electrons. The molecule has 0 saturated carbocycles. The first-order valence-electron chi connectivity index (χ1n) is 6.18. The molecule has 1 aromatic carbocycles. The van der Waals surface area contributed by atoms with E-state index in [0.717, 1.165) is 28.5 Å². The van der Waals surface area contributed by atoms with Crippen LogP contribution in [0.4, 0.5) is 0 Å². The number of allylic oxidation sites excluding steroid dienone is 1. The largest absolute Gasteiger partial charge is 0.489 e. The molecule has 0 unspecified atom stereocenters. The molecule has 0 aliphatic rings. The third-order valence-electron chi connectivity index (χ3n) is 2.62. The number of aliphatic carboxylic acids is 1. The van der Waals surface area contributed by atoms with Crippen molar-refractivity contribution in [2.75, 3.05) is 6.61 Å². The lowest BCUT2D eigenvalue weighted by Crippen LogP contribution is -1.99. The summed E-state index contributed by atoms with van der Waals surface area (Å²) in [6.45, 7) is 8.53. The molecule has 0 heterocycles. The minimum Gasteiger partial charge on any atom is -0.489 e. The van der Waals surface area contributed by atoms with Crippen molar-refractivity contribution in [3.05, 3.63) is 46.5 Å². The number of carbonyl (C=O) groups is 1. The van der Waals surface area contributed by atoms with Gasteiger partial charge < -0.3 is 9.84 Å². The Morgan fingerprint density at radius 3 is 2.32 bits per heavy atom. The highest BCUT2D eigenvalue weighted by Gasteiger charge is 2.05. The van der Waals surface area contributed by atoms with E-state index in [1.54, 1.807) is 6.08 Å². The van der Waals surface area contributed by atoms with E-state index >= 15 is 0 Å². The van der Waals surface area contributed by atoms with Crippen molar-refractivity contribution in [1.29, 1.82) is 0 Å². The van der Waals surface area contributed by atoms with Crippen LogP contribution < -0.4 is 4.74 Å². The smallest absolute Gasteiger partial charge is 0.328 e. The van der Waals surface area contributed by atoms with Gasteiger partial charge in [0.15, 0.2) is 0 Å². The second kappa shape index (κ2) is 6.78. The maximum atomic E-state index is 10.5. The number of benzene rings is 1. The highest BCUT2D eigenvalue weighted by molar-refractivity contribution is 5.85. The van der Waals surface area contributed by atoms with Gasteiger partial charge in [-0.15, -0.1) is 0 Å². The van der Waals surface area contributed by atoms with Crippen molar-refractivity contribution in [2.24, 2.45) is 0 Å². The zero-order chi connectivity index (χ0) is 14.4. The molecule has 3 heteroatoms. The van der Waals surface area contributed by atoms with Gasteiger partial charge in [0.1, 0.15) is 12.4 Å². The van der Waals surface area contributed by atoms with E-state index in [1.165, 1.54) is 5.57 Å². The van der Waals surface area contributed by atoms with Gasteiger partial charge in [-0.25, -0.2) is 4.79 Å². The molecular formula is C16H20O3. The van der Waals surface area contributed by atoms with Crippen LogP contribution in [0.5, 0.6) is 5.75 Å². The average Bonchev–Trinajstić information content (AvgIpc) is 2.29. The molecule has 0 fully saturated rings. The second-order valence-corrected chi connectivity index (χ2v) is 4.75. The van der Waals surface area contributed by atoms with E-state index in [-0.39, 0.29) is 0 Å². The zero-order valence-electron chi connectivity index (χ0n) is 11.9. The van der Waals surface area contributed by atoms with Gasteiger partial charge in [-0.05, 0) is 68.7 Å². The van der Waals surface area contributed by atoms with Crippen molar-refractivity contribution >= 4 is 12.0 Å². The molecule has 0 bridgehead atoms. The Hall–Kier alpha value is -2.03. The average molecular weight is 260 g/mol. The van der Waals surface area contributed by atoms with Gasteiger partial charge in [0.25, 0.3) is 0 Å². The van der Waals surface area contributed by atoms with Crippen LogP contribution in [0.3, 0.4) is 0 Å². The summed E-state index contributed by atoms with van der Waals surface area (Å²) in [5, 5.41) is 8.62. The van der Waals surface area contributed by atoms with Crippen LogP contribution in [0.15, 0.2) is 29.9 Å². The summed E-state index contributed by atoms with van der Waals surface area (Å²) in [4.78, 5) is 10.5. The van der Waals surface area contributed by atoms with Crippen LogP contribution in [0.25, 0.3) is 6.08 Å². The second-order valence-electron chi connectivity index (χ2n) is 4.75. The first kappa shape index (κ1) is 15.0. The fraction of sp³-hybridized carbons (Fsp3) is 0.312. The molecule has 0 aliphatic heterocycles. The first-order valence-corrected chi connectivity index (χ1v) is 6.18. The van der Waals surface area contributed by atoms with Crippen LogP contribution in [-0.4, -0.2) is 17.7 Å². The highest BCUT2D eigenvalue weighted by atomic mass is 16.5. The minimum absolute atomic E-state index is 0.550. The molecule has 19 heavy (non-hydrogen) atoms. The van der Waals surface area contributed by atoms with Gasteiger partial charge in [0, 0.05) is 6.08 Å². The SMILES string of the molecule is CC(C)=CCOc1c(C)cc(/C=C/C(=O)O)cc1C. The van der Waals surface area contributed by atoms with Crippen molar-refractivity contribution in [1.82, 2.24) is 0 Å². The van der Waals surface area contributed by atoms with Gasteiger partial charge in [-0.3, -0.25) is 0 Å². The highest BCUT2D eigenvalue weighted by Crippen LogP contribution is 2.25. The van der Waals surface area contributed by atoms with Gasteiger partial charge >= 0.3 is 5.97 Å². The number of hydrogen-bond donors (Lipinski definition) is 1. The Bertz CT molecular complexity index is 498. The van der Waals surface area contributed by atoms with Crippen molar-refractivity contribution in [2.45, 2.75) is 27.7 Å². The number of hydrogen-bond acceptors (Lipinski definition) is 2. The maximum Gasteiger partial charge on any atom is 0.328 e. The monoisotopic (exact) mass is 260 g/mol. The Morgan fingerprint density at radius 2 is 1.84 bits per heavy atom. The molecule has 1 rings (SSSR count). The van der Waals surface area contributed by atoms with Gasteiger partial charge in [-0.1, -0.05) is 5.57 Å². The molecule has 1 N–H and O–H groups in total. The fourth-order valence-electron chi connectivity index (χ4n) is 1.77. The molecule has 0 aliphatic carbocycles. The lowest BCUT2D eigenvalue weighted by Gasteiger charge is -2.12. The Balaban J connectivity index is 2.91. The summed E-state index contributed by atoms with van der Waals surface area (Å²) in [6, 6.07) is 3.84. The van der Waals surface area contributed by atoms with Crippen LogP contribution in [0, 0.1) is 13.8 Å². The van der Waals surface area contributed by atoms with E-state index in [2.05, 4.69) is 0 Å². The van der Waals surface area contributed by atoms with Crippen LogP contribution in [-0.2, 0) is 4.79 Å². The van der Waals surface area contributed by atoms with Gasteiger partial charge in [-0.2, -0.15) is 0 Å². The molecule has 0 aromatic heterocycles. The van der Waals surface area contributed by atoms with Gasteiger partial charge in [0.05, 0.1) is 0 Å². The van der Waals surface area contributed by atoms with Gasteiger partial charge in [0.2, 0.25) is 0 Å². The van der Waals surface area contributed by atoms with E-state index < -0.39 is 5.97 Å². The number of carboxylic acid groups (broad SMARTS) is 1. The number of aryl methyl sites for hydroxylation is 2. The molecule has 0 saturated heterocycles. The minimum atomic E-state index is -0.945. The first-order chi connectivity index (χ1) is 8.90. The summed E-state index contributed by atoms with van der Waals surface area (Å²) in [5.41, 5.74) is 4.10. The molecule has 3 nitrogen and oxygen atoms in total. The van der Waals surface area contributed by atoms with E-state index in [9.17, 15) is 4.79 Å². The zero-order valence-corrected chi connectivity index (χ0v) is 11.9. The lowest BCUT2D eigenvalue weighted by molar-refractivity contribution is -0.131. The van der Waals surface area contributed by atoms with Crippen LogP contribution >= 0.6 is 0 Å². The molecule has 0 amide bonds. The van der Waals surface area contributed by atoms with Crippen molar-refractivity contribution in [3.63, 3.8) is 0 Å². The summed E-state index contributed by atoms with van der Waals surface area (Å²) < 4.78 is 5.74. The predicted molar refractivity (Wildman–Crippen MR) is 77.5 cm³/mol. The van der Waals surface area contributed by atoms with Crippen molar-refractivity contribution < 1.29 is 14.6 Å². The van der Waals surface area contributed by atoms with E-state index in [0.29, 0.717) is 6.61 Å². The fourth-order valence-corrected chi connectivity index (χ4v) is 1.77. The number of carboxylic acids is 1. The summed E-state index contributed by atoms with van der Waals surface area (Å²) in [6.07, 6.45) is 4.75. The summed E-state index contributed by atoms with van der Waals surface area (Å²) in [7, 11) is 0. The predicted octanol–water partition coefficient (Wildman–Crippen LogP) is 3.75. The number of ether oxygens (including phenoxy) is 1. The molecule has 0 atom stereocenters. The third kappa shape index (κ3) is 5.00. The quantitative estimate of drug-likeness (QED) is 0.648. The maximum absolute atomic E-state index is 10.5. The van der Waals surface area contributed by atoms with Crippen LogP contribution in [0.1, 0.15) is 30.5 Å².